The normalized spacial score (nSPS) is 23.1. The minimum atomic E-state index is 0.651. The summed E-state index contributed by atoms with van der Waals surface area (Å²) in [4.78, 5) is 2.44. The molecule has 0 radical (unpaired) electrons. The van der Waals surface area contributed by atoms with E-state index >= 15 is 0 Å². The third kappa shape index (κ3) is 2.33. The lowest BCUT2D eigenvalue weighted by Gasteiger charge is -2.30. The maximum Gasteiger partial charge on any atom is 0.200 e. The second kappa shape index (κ2) is 4.97. The quantitative estimate of drug-likeness (QED) is 0.874. The van der Waals surface area contributed by atoms with Crippen molar-refractivity contribution in [3.05, 3.63) is 12.1 Å². The Bertz CT molecular complexity index is 585. The number of hydrogen-bond acceptors (Lipinski definition) is 6. The number of nitrogens with one attached hydrogen (secondary N) is 1. The molecule has 0 aromatic carbocycles. The van der Waals surface area contributed by atoms with Crippen molar-refractivity contribution >= 4 is 11.5 Å². The molecule has 1 atom stereocenters. The van der Waals surface area contributed by atoms with Gasteiger partial charge in [0.05, 0.1) is 0 Å². The molecule has 20 heavy (non-hydrogen) atoms. The first-order chi connectivity index (χ1) is 9.90. The van der Waals surface area contributed by atoms with Crippen LogP contribution in [0.3, 0.4) is 0 Å². The first kappa shape index (κ1) is 12.0. The van der Waals surface area contributed by atoms with Crippen LogP contribution in [-0.2, 0) is 0 Å². The van der Waals surface area contributed by atoms with Crippen molar-refractivity contribution in [3.8, 4) is 0 Å². The van der Waals surface area contributed by atoms with Crippen LogP contribution in [0.5, 0.6) is 0 Å². The monoisotopic (exact) mass is 273 g/mol. The first-order valence-electron chi connectivity index (χ1n) is 7.43. The summed E-state index contributed by atoms with van der Waals surface area (Å²) in [5.74, 6) is 1.72. The van der Waals surface area contributed by atoms with Gasteiger partial charge >= 0.3 is 0 Å². The van der Waals surface area contributed by atoms with Crippen molar-refractivity contribution in [2.75, 3.05) is 24.5 Å². The van der Waals surface area contributed by atoms with E-state index in [1.807, 2.05) is 12.1 Å². The van der Waals surface area contributed by atoms with E-state index in [0.29, 0.717) is 11.7 Å². The van der Waals surface area contributed by atoms with Gasteiger partial charge in [-0.3, -0.25) is 0 Å². The highest BCUT2D eigenvalue weighted by atomic mass is 15.6. The molecule has 0 amide bonds. The van der Waals surface area contributed by atoms with E-state index in [1.165, 1.54) is 30.3 Å². The lowest BCUT2D eigenvalue weighted by molar-refractivity contribution is 0.375. The maximum atomic E-state index is 4.55. The summed E-state index contributed by atoms with van der Waals surface area (Å²) >= 11 is 0. The summed E-state index contributed by atoms with van der Waals surface area (Å²) in [7, 11) is 0. The molecular weight excluding hydrogens is 254 g/mol. The Morgan fingerprint density at radius 2 is 2.25 bits per heavy atom. The minimum absolute atomic E-state index is 0.651. The summed E-state index contributed by atoms with van der Waals surface area (Å²) in [6, 6.07) is 4.63. The molecule has 1 unspecified atom stereocenters. The fourth-order valence-corrected chi connectivity index (χ4v) is 2.97. The van der Waals surface area contributed by atoms with E-state index in [2.05, 4.69) is 30.8 Å². The third-order valence-corrected chi connectivity index (χ3v) is 4.19. The maximum absolute atomic E-state index is 4.55. The zero-order valence-electron chi connectivity index (χ0n) is 11.4. The summed E-state index contributed by atoms with van der Waals surface area (Å²) in [6.45, 7) is 3.36. The van der Waals surface area contributed by atoms with E-state index in [-0.39, 0.29) is 0 Å². The molecule has 2 aromatic rings. The summed E-state index contributed by atoms with van der Waals surface area (Å²) < 4.78 is 1.52. The molecule has 0 bridgehead atoms. The Morgan fingerprint density at radius 1 is 1.30 bits per heavy atom. The molecule has 1 saturated heterocycles. The van der Waals surface area contributed by atoms with Crippen LogP contribution in [0.2, 0.25) is 0 Å². The van der Waals surface area contributed by atoms with E-state index < -0.39 is 0 Å². The van der Waals surface area contributed by atoms with Crippen molar-refractivity contribution in [2.45, 2.75) is 31.7 Å². The van der Waals surface area contributed by atoms with Crippen molar-refractivity contribution in [3.63, 3.8) is 0 Å². The van der Waals surface area contributed by atoms with Gasteiger partial charge in [0.25, 0.3) is 0 Å². The van der Waals surface area contributed by atoms with Crippen LogP contribution in [0.25, 0.3) is 5.65 Å². The molecule has 0 spiro atoms. The summed E-state index contributed by atoms with van der Waals surface area (Å²) in [5, 5.41) is 19.5. The van der Waals surface area contributed by atoms with Gasteiger partial charge in [0.2, 0.25) is 0 Å². The van der Waals surface area contributed by atoms with Gasteiger partial charge < -0.3 is 10.2 Å². The van der Waals surface area contributed by atoms with Crippen molar-refractivity contribution < 1.29 is 0 Å². The molecular formula is C13H19N7. The van der Waals surface area contributed by atoms with Gasteiger partial charge in [0.1, 0.15) is 0 Å². The van der Waals surface area contributed by atoms with Crippen LogP contribution >= 0.6 is 0 Å². The summed E-state index contributed by atoms with van der Waals surface area (Å²) in [5.41, 5.74) is 0.698. The molecule has 2 aromatic heterocycles. The Hall–Kier alpha value is -1.76. The predicted octanol–water partition coefficient (Wildman–Crippen LogP) is 0.488. The highest BCUT2D eigenvalue weighted by molar-refractivity contribution is 5.46. The lowest BCUT2D eigenvalue weighted by atomic mass is 9.99. The van der Waals surface area contributed by atoms with E-state index in [1.54, 1.807) is 0 Å². The largest absolute Gasteiger partial charge is 0.352 e. The Kier molecular flexibility index (Phi) is 2.99. The number of hydrogen-bond donors (Lipinski definition) is 1. The number of fused-ring (bicyclic) bond motifs is 1. The Morgan fingerprint density at radius 3 is 3.05 bits per heavy atom. The molecule has 7 nitrogen and oxygen atoms in total. The molecule has 4 rings (SSSR count). The second-order valence-electron chi connectivity index (χ2n) is 5.81. The zero-order valence-corrected chi connectivity index (χ0v) is 11.4. The van der Waals surface area contributed by atoms with Gasteiger partial charge in [-0.15, -0.1) is 14.8 Å². The Balaban J connectivity index is 1.57. The highest BCUT2D eigenvalue weighted by Crippen LogP contribution is 2.32. The van der Waals surface area contributed by atoms with Crippen LogP contribution in [0.1, 0.15) is 25.7 Å². The average molecular weight is 273 g/mol. The minimum Gasteiger partial charge on any atom is -0.352 e. The second-order valence-corrected chi connectivity index (χ2v) is 5.81. The van der Waals surface area contributed by atoms with Crippen LogP contribution in [0.15, 0.2) is 12.1 Å². The van der Waals surface area contributed by atoms with Crippen molar-refractivity contribution in [1.82, 2.24) is 30.6 Å². The van der Waals surface area contributed by atoms with Gasteiger partial charge in [-0.05, 0) is 67.3 Å². The van der Waals surface area contributed by atoms with Crippen molar-refractivity contribution in [1.29, 1.82) is 0 Å². The SMILES string of the molecule is c1cc2nnnn2nc1N(CC1CCCNC1)C1CC1. The fourth-order valence-electron chi connectivity index (χ4n) is 2.97. The molecule has 1 saturated carbocycles. The van der Waals surface area contributed by atoms with E-state index in [9.17, 15) is 0 Å². The van der Waals surface area contributed by atoms with Gasteiger partial charge in [-0.1, -0.05) is 0 Å². The first-order valence-corrected chi connectivity index (χ1v) is 7.43. The lowest BCUT2D eigenvalue weighted by Crippen LogP contribution is -2.39. The van der Waals surface area contributed by atoms with Gasteiger partial charge in [0, 0.05) is 12.6 Å². The highest BCUT2D eigenvalue weighted by Gasteiger charge is 2.32. The molecule has 2 aliphatic rings. The predicted molar refractivity (Wildman–Crippen MR) is 74.5 cm³/mol. The van der Waals surface area contributed by atoms with Crippen LogP contribution in [-0.4, -0.2) is 50.9 Å². The van der Waals surface area contributed by atoms with Crippen LogP contribution in [0, 0.1) is 5.92 Å². The van der Waals surface area contributed by atoms with E-state index in [4.69, 9.17) is 0 Å². The van der Waals surface area contributed by atoms with Crippen molar-refractivity contribution in [2.24, 2.45) is 5.92 Å². The standard InChI is InChI=1S/C13H19N7/c1-2-10(8-14-7-1)9-19(11-3-4-11)13-6-5-12-15-17-18-20(12)16-13/h5-6,10-11,14H,1-4,7-9H2. The number of rotatable bonds is 4. The zero-order chi connectivity index (χ0) is 13.4. The molecule has 7 heteroatoms. The third-order valence-electron chi connectivity index (χ3n) is 4.19. The molecule has 3 heterocycles. The molecule has 1 aliphatic carbocycles. The molecule has 1 aliphatic heterocycles. The van der Waals surface area contributed by atoms with Gasteiger partial charge in [0.15, 0.2) is 11.5 Å². The fraction of sp³-hybridized carbons (Fsp3) is 0.692. The van der Waals surface area contributed by atoms with Gasteiger partial charge in [-0.25, -0.2) is 0 Å². The van der Waals surface area contributed by atoms with Gasteiger partial charge in [-0.2, -0.15) is 0 Å². The Labute approximate surface area is 117 Å². The molecule has 106 valence electrons. The summed E-state index contributed by atoms with van der Waals surface area (Å²) in [6.07, 6.45) is 5.14. The topological polar surface area (TPSA) is 71.2 Å². The molecule has 1 N–H and O–H groups in total. The number of tetrazole rings is 1. The number of anilines is 1. The van der Waals surface area contributed by atoms with Crippen LogP contribution < -0.4 is 10.2 Å². The van der Waals surface area contributed by atoms with E-state index in [0.717, 1.165) is 31.4 Å². The number of nitrogens with zero attached hydrogens (tertiary/aromatic N) is 6. The number of aromatic nitrogens is 5. The van der Waals surface area contributed by atoms with Crippen LogP contribution in [0.4, 0.5) is 5.82 Å². The smallest absolute Gasteiger partial charge is 0.200 e. The number of piperidine rings is 1. The molecule has 2 fully saturated rings. The average Bonchev–Trinajstić information content (AvgIpc) is 3.22.